The maximum Gasteiger partial charge on any atom is 0.282 e. The van der Waals surface area contributed by atoms with Crippen LogP contribution in [-0.2, 0) is 13.0 Å². The van der Waals surface area contributed by atoms with E-state index in [0.717, 1.165) is 17.3 Å². The van der Waals surface area contributed by atoms with Gasteiger partial charge in [-0.2, -0.15) is 9.78 Å². The number of hydrogen-bond acceptors (Lipinski definition) is 7. The van der Waals surface area contributed by atoms with Gasteiger partial charge < -0.3 is 9.47 Å². The highest BCUT2D eigenvalue weighted by atomic mass is 79.9. The summed E-state index contributed by atoms with van der Waals surface area (Å²) in [5.74, 6) is 1.40. The summed E-state index contributed by atoms with van der Waals surface area (Å²) in [7, 11) is 1.51. The summed E-state index contributed by atoms with van der Waals surface area (Å²) in [6.45, 7) is 2.17. The van der Waals surface area contributed by atoms with E-state index in [0.29, 0.717) is 54.7 Å². The fourth-order valence-corrected chi connectivity index (χ4v) is 5.13. The zero-order valence-electron chi connectivity index (χ0n) is 21.0. The van der Waals surface area contributed by atoms with E-state index in [9.17, 15) is 14.9 Å². The zero-order valence-corrected chi connectivity index (χ0v) is 25.7. The molecule has 0 bridgehead atoms. The van der Waals surface area contributed by atoms with E-state index in [2.05, 4.69) is 59.8 Å². The van der Waals surface area contributed by atoms with Gasteiger partial charge in [-0.3, -0.25) is 14.9 Å². The van der Waals surface area contributed by atoms with E-state index in [1.54, 1.807) is 30.5 Å². The number of nitrogens with zero attached hydrogens (tertiary/aromatic N) is 4. The molecule has 4 aromatic rings. The standard InChI is InChI=1S/C27H23Br3N4O5/c1-3-4-8-23-32-21-10-9-18(28)13-20(21)27(35)33(23)31-14-17-12-22(38-2)26(25(30)24(17)29)39-15-16-6-5-7-19(11-16)34(36)37/h5-7,9-14H,3-4,8,15H2,1-2H3. The van der Waals surface area contributed by atoms with E-state index in [1.807, 2.05) is 12.1 Å². The van der Waals surface area contributed by atoms with Gasteiger partial charge in [0.15, 0.2) is 11.5 Å². The van der Waals surface area contributed by atoms with Gasteiger partial charge in [-0.1, -0.05) is 41.4 Å². The first kappa shape index (κ1) is 28.9. The second-order valence-electron chi connectivity index (χ2n) is 8.50. The highest BCUT2D eigenvalue weighted by molar-refractivity contribution is 9.13. The molecule has 0 unspecified atom stereocenters. The Balaban J connectivity index is 1.70. The molecule has 202 valence electrons. The van der Waals surface area contributed by atoms with Gasteiger partial charge in [-0.25, -0.2) is 4.98 Å². The summed E-state index contributed by atoms with van der Waals surface area (Å²) in [5.41, 5.74) is 1.61. The third kappa shape index (κ3) is 6.56. The maximum absolute atomic E-state index is 13.4. The van der Waals surface area contributed by atoms with Crippen LogP contribution in [0.4, 0.5) is 5.69 Å². The molecule has 3 aromatic carbocycles. The van der Waals surface area contributed by atoms with E-state index >= 15 is 0 Å². The lowest BCUT2D eigenvalue weighted by atomic mass is 10.2. The van der Waals surface area contributed by atoms with Gasteiger partial charge in [-0.05, 0) is 68.1 Å². The summed E-state index contributed by atoms with van der Waals surface area (Å²) in [4.78, 5) is 28.7. The van der Waals surface area contributed by atoms with Crippen LogP contribution in [0.3, 0.4) is 0 Å². The number of hydrogen-bond donors (Lipinski definition) is 0. The smallest absolute Gasteiger partial charge is 0.282 e. The lowest BCUT2D eigenvalue weighted by Crippen LogP contribution is -2.22. The summed E-state index contributed by atoms with van der Waals surface area (Å²) in [5, 5.41) is 16.1. The molecule has 4 rings (SSSR count). The summed E-state index contributed by atoms with van der Waals surface area (Å²) < 4.78 is 14.9. The van der Waals surface area contributed by atoms with Crippen LogP contribution in [0.15, 0.2) is 71.8 Å². The molecule has 0 aliphatic rings. The minimum Gasteiger partial charge on any atom is -0.493 e. The molecular weight excluding hydrogens is 700 g/mol. The third-order valence-electron chi connectivity index (χ3n) is 5.82. The Labute approximate surface area is 249 Å². The fraction of sp³-hybridized carbons (Fsp3) is 0.222. The summed E-state index contributed by atoms with van der Waals surface area (Å²) in [6.07, 6.45) is 3.98. The van der Waals surface area contributed by atoms with Crippen molar-refractivity contribution in [1.29, 1.82) is 0 Å². The molecule has 0 atom stereocenters. The molecule has 0 radical (unpaired) electrons. The van der Waals surface area contributed by atoms with Crippen LogP contribution in [0.2, 0.25) is 0 Å². The van der Waals surface area contributed by atoms with Crippen molar-refractivity contribution in [3.63, 3.8) is 0 Å². The monoisotopic (exact) mass is 720 g/mol. The van der Waals surface area contributed by atoms with Crippen molar-refractivity contribution in [2.45, 2.75) is 32.8 Å². The Morgan fingerprint density at radius 2 is 1.92 bits per heavy atom. The number of unbranched alkanes of at least 4 members (excludes halogenated alkanes) is 1. The Kier molecular flexibility index (Phi) is 9.52. The van der Waals surface area contributed by atoms with Crippen LogP contribution in [0, 0.1) is 10.1 Å². The molecule has 0 amide bonds. The molecule has 0 spiro atoms. The molecule has 39 heavy (non-hydrogen) atoms. The largest absolute Gasteiger partial charge is 0.493 e. The number of methoxy groups -OCH3 is 1. The van der Waals surface area contributed by atoms with Crippen LogP contribution in [0.1, 0.15) is 36.7 Å². The van der Waals surface area contributed by atoms with Crippen molar-refractivity contribution < 1.29 is 14.4 Å². The van der Waals surface area contributed by atoms with Gasteiger partial charge in [0.1, 0.15) is 12.4 Å². The molecule has 12 heteroatoms. The quantitative estimate of drug-likeness (QED) is 0.0959. The van der Waals surface area contributed by atoms with Crippen LogP contribution in [-0.4, -0.2) is 27.9 Å². The lowest BCUT2D eigenvalue weighted by Gasteiger charge is -2.15. The van der Waals surface area contributed by atoms with E-state index in [-0.39, 0.29) is 17.9 Å². The molecule has 0 fully saturated rings. The van der Waals surface area contributed by atoms with Gasteiger partial charge in [0.05, 0.1) is 33.6 Å². The van der Waals surface area contributed by atoms with Gasteiger partial charge in [0.2, 0.25) is 0 Å². The van der Waals surface area contributed by atoms with Crippen LogP contribution < -0.4 is 15.0 Å². The normalized spacial score (nSPS) is 11.3. The van der Waals surface area contributed by atoms with Crippen LogP contribution >= 0.6 is 47.8 Å². The Bertz CT molecular complexity index is 1640. The van der Waals surface area contributed by atoms with Crippen molar-refractivity contribution in [1.82, 2.24) is 9.66 Å². The molecule has 0 saturated carbocycles. The molecule has 1 heterocycles. The van der Waals surface area contributed by atoms with Crippen molar-refractivity contribution >= 4 is 70.6 Å². The first-order valence-electron chi connectivity index (χ1n) is 11.9. The van der Waals surface area contributed by atoms with E-state index in [4.69, 9.17) is 14.5 Å². The van der Waals surface area contributed by atoms with Gasteiger partial charge in [-0.15, -0.1) is 0 Å². The second kappa shape index (κ2) is 12.8. The molecule has 1 aromatic heterocycles. The Morgan fingerprint density at radius 3 is 2.64 bits per heavy atom. The number of ether oxygens (including phenoxy) is 2. The number of aryl methyl sites for hydroxylation is 1. The van der Waals surface area contributed by atoms with E-state index in [1.165, 1.54) is 23.9 Å². The zero-order chi connectivity index (χ0) is 28.1. The minimum absolute atomic E-state index is 0.0149. The number of halogens is 3. The number of non-ortho nitro benzene ring substituents is 1. The molecule has 0 aliphatic carbocycles. The van der Waals surface area contributed by atoms with Gasteiger partial charge in [0, 0.05) is 33.1 Å². The van der Waals surface area contributed by atoms with Crippen molar-refractivity contribution in [2.24, 2.45) is 5.10 Å². The molecule has 0 aliphatic heterocycles. The third-order valence-corrected chi connectivity index (χ3v) is 8.46. The Morgan fingerprint density at radius 1 is 1.13 bits per heavy atom. The number of nitro benzene ring substituents is 1. The highest BCUT2D eigenvalue weighted by Crippen LogP contribution is 2.42. The SMILES string of the molecule is CCCCc1nc2ccc(Br)cc2c(=O)n1N=Cc1cc(OC)c(OCc2cccc([N+](=O)[O-])c2)c(Br)c1Br. The minimum atomic E-state index is -0.451. The first-order chi connectivity index (χ1) is 18.7. The molecule has 9 nitrogen and oxygen atoms in total. The van der Waals surface area contributed by atoms with Gasteiger partial charge >= 0.3 is 0 Å². The summed E-state index contributed by atoms with van der Waals surface area (Å²) in [6, 6.07) is 13.4. The second-order valence-corrected chi connectivity index (χ2v) is 11.0. The number of benzene rings is 3. The Hall–Kier alpha value is -3.09. The van der Waals surface area contributed by atoms with E-state index < -0.39 is 4.92 Å². The molecule has 0 N–H and O–H groups in total. The fourth-order valence-electron chi connectivity index (χ4n) is 3.83. The van der Waals surface area contributed by atoms with Gasteiger partial charge in [0.25, 0.3) is 11.2 Å². The summed E-state index contributed by atoms with van der Waals surface area (Å²) >= 11 is 10.6. The molecule has 0 saturated heterocycles. The van der Waals surface area contributed by atoms with Crippen LogP contribution in [0.25, 0.3) is 10.9 Å². The number of aromatic nitrogens is 2. The number of nitro groups is 1. The van der Waals surface area contributed by atoms with Crippen LogP contribution in [0.5, 0.6) is 11.5 Å². The number of fused-ring (bicyclic) bond motifs is 1. The maximum atomic E-state index is 13.4. The predicted octanol–water partition coefficient (Wildman–Crippen LogP) is 7.40. The first-order valence-corrected chi connectivity index (χ1v) is 14.3. The average molecular weight is 723 g/mol. The van der Waals surface area contributed by atoms with Crippen molar-refractivity contribution in [3.05, 3.63) is 99.4 Å². The topological polar surface area (TPSA) is 109 Å². The highest BCUT2D eigenvalue weighted by Gasteiger charge is 2.18. The number of rotatable bonds is 10. The molecular formula is C27H23Br3N4O5. The van der Waals surface area contributed by atoms with Crippen molar-refractivity contribution in [2.75, 3.05) is 7.11 Å². The van der Waals surface area contributed by atoms with Crippen molar-refractivity contribution in [3.8, 4) is 11.5 Å². The predicted molar refractivity (Wildman–Crippen MR) is 161 cm³/mol. The lowest BCUT2D eigenvalue weighted by molar-refractivity contribution is -0.384. The average Bonchev–Trinajstić information content (AvgIpc) is 2.93.